The monoisotopic (exact) mass is 291 g/mol. The van der Waals surface area contributed by atoms with Gasteiger partial charge in [0.15, 0.2) is 0 Å². The normalized spacial score (nSPS) is 19.9. The lowest BCUT2D eigenvalue weighted by atomic mass is 10.1. The zero-order valence-electron chi connectivity index (χ0n) is 10.4. The van der Waals surface area contributed by atoms with Crippen LogP contribution in [-0.4, -0.2) is 18.5 Å². The van der Waals surface area contributed by atoms with Crippen molar-refractivity contribution in [3.63, 3.8) is 0 Å². The smallest absolute Gasteiger partial charge is 0.377 e. The van der Waals surface area contributed by atoms with Gasteiger partial charge >= 0.3 is 6.18 Å². The summed E-state index contributed by atoms with van der Waals surface area (Å²) in [6.45, 7) is 0.823. The molecule has 106 valence electrons. The van der Waals surface area contributed by atoms with Crippen molar-refractivity contribution in [3.8, 4) is 0 Å². The minimum atomic E-state index is -4.34. The summed E-state index contributed by atoms with van der Waals surface area (Å²) in [7, 11) is 0. The summed E-state index contributed by atoms with van der Waals surface area (Å²) in [5.74, 6) is 0.561. The van der Waals surface area contributed by atoms with Gasteiger partial charge in [0.25, 0.3) is 0 Å². The predicted octanol–water partition coefficient (Wildman–Crippen LogP) is 3.44. The molecule has 1 aliphatic heterocycles. The molecule has 2 nitrogen and oxygen atoms in total. The predicted molar refractivity (Wildman–Crippen MR) is 69.0 cm³/mol. The summed E-state index contributed by atoms with van der Waals surface area (Å²) < 4.78 is 44.4. The highest BCUT2D eigenvalue weighted by Gasteiger charge is 2.34. The molecule has 1 aromatic carbocycles. The molecule has 0 spiro atoms. The van der Waals surface area contributed by atoms with Crippen molar-refractivity contribution in [2.24, 2.45) is 5.73 Å². The Hall–Kier alpha value is -0.720. The molecule has 0 radical (unpaired) electrons. The van der Waals surface area contributed by atoms with Crippen molar-refractivity contribution in [1.29, 1.82) is 0 Å². The molecule has 1 aliphatic rings. The van der Waals surface area contributed by atoms with E-state index in [0.717, 1.165) is 18.9 Å². The molecule has 1 fully saturated rings. The first-order valence-electron chi connectivity index (χ1n) is 6.15. The van der Waals surface area contributed by atoms with Crippen LogP contribution in [-0.2, 0) is 17.5 Å². The van der Waals surface area contributed by atoms with Gasteiger partial charge in [0.05, 0.1) is 11.7 Å². The first kappa shape index (κ1) is 14.7. The first-order chi connectivity index (χ1) is 9.00. The maximum atomic E-state index is 13.0. The van der Waals surface area contributed by atoms with E-state index in [4.69, 9.17) is 10.5 Å². The minimum Gasteiger partial charge on any atom is -0.377 e. The number of hydrogen-bond donors (Lipinski definition) is 1. The van der Waals surface area contributed by atoms with Crippen LogP contribution in [0.3, 0.4) is 0 Å². The molecule has 0 aliphatic carbocycles. The second-order valence-corrected chi connectivity index (χ2v) is 5.54. The zero-order chi connectivity index (χ0) is 13.9. The number of alkyl halides is 3. The van der Waals surface area contributed by atoms with Gasteiger partial charge in [-0.25, -0.2) is 0 Å². The van der Waals surface area contributed by atoms with Crippen LogP contribution in [0.1, 0.15) is 24.0 Å². The van der Waals surface area contributed by atoms with E-state index in [2.05, 4.69) is 0 Å². The molecule has 0 bridgehead atoms. The number of thioether (sulfide) groups is 1. The largest absolute Gasteiger partial charge is 0.417 e. The number of hydrogen-bond acceptors (Lipinski definition) is 3. The van der Waals surface area contributed by atoms with Crippen molar-refractivity contribution < 1.29 is 17.9 Å². The third-order valence-electron chi connectivity index (χ3n) is 3.03. The number of halogens is 3. The van der Waals surface area contributed by atoms with Gasteiger partial charge in [-0.3, -0.25) is 0 Å². The van der Waals surface area contributed by atoms with Crippen LogP contribution in [0.15, 0.2) is 23.1 Å². The molecule has 1 heterocycles. The molecule has 1 aromatic rings. The van der Waals surface area contributed by atoms with E-state index < -0.39 is 11.7 Å². The van der Waals surface area contributed by atoms with Crippen molar-refractivity contribution >= 4 is 11.8 Å². The Labute approximate surface area is 114 Å². The Balaban J connectivity index is 2.13. The molecule has 1 unspecified atom stereocenters. The summed E-state index contributed by atoms with van der Waals surface area (Å²) >= 11 is 1.20. The maximum absolute atomic E-state index is 13.0. The highest BCUT2D eigenvalue weighted by Crippen LogP contribution is 2.38. The summed E-state index contributed by atoms with van der Waals surface area (Å²) in [6.07, 6.45) is -2.36. The van der Waals surface area contributed by atoms with Crippen molar-refractivity contribution in [2.75, 3.05) is 12.4 Å². The fraction of sp³-hybridized carbons (Fsp3) is 0.538. The number of benzene rings is 1. The molecule has 0 aromatic heterocycles. The van der Waals surface area contributed by atoms with Gasteiger partial charge in [0, 0.05) is 23.8 Å². The third-order valence-corrected chi connectivity index (χ3v) is 4.24. The molecule has 2 rings (SSSR count). The molecule has 1 atom stereocenters. The molecule has 0 amide bonds. The lowest BCUT2D eigenvalue weighted by molar-refractivity contribution is -0.139. The van der Waals surface area contributed by atoms with E-state index in [9.17, 15) is 13.2 Å². The SMILES string of the molecule is NCc1ccc(SCC2CCCO2)c(C(F)(F)F)c1. The Morgan fingerprint density at radius 1 is 1.37 bits per heavy atom. The summed E-state index contributed by atoms with van der Waals surface area (Å²) in [5.41, 5.74) is 5.29. The highest BCUT2D eigenvalue weighted by atomic mass is 32.2. The van der Waals surface area contributed by atoms with E-state index >= 15 is 0 Å². The van der Waals surface area contributed by atoms with E-state index in [1.54, 1.807) is 6.07 Å². The second-order valence-electron chi connectivity index (χ2n) is 4.48. The van der Waals surface area contributed by atoms with Crippen molar-refractivity contribution in [3.05, 3.63) is 29.3 Å². The van der Waals surface area contributed by atoms with Gasteiger partial charge < -0.3 is 10.5 Å². The number of rotatable bonds is 4. The highest BCUT2D eigenvalue weighted by molar-refractivity contribution is 7.99. The van der Waals surface area contributed by atoms with Gasteiger partial charge in [-0.1, -0.05) is 6.07 Å². The Bertz CT molecular complexity index is 430. The summed E-state index contributed by atoms with van der Waals surface area (Å²) in [6, 6.07) is 4.29. The van der Waals surface area contributed by atoms with Crippen LogP contribution in [0.4, 0.5) is 13.2 Å². The van der Waals surface area contributed by atoms with Gasteiger partial charge in [-0.05, 0) is 30.5 Å². The molecular formula is C13H16F3NOS. The fourth-order valence-corrected chi connectivity index (χ4v) is 3.13. The molecule has 6 heteroatoms. The van der Waals surface area contributed by atoms with E-state index in [1.807, 2.05) is 0 Å². The van der Waals surface area contributed by atoms with E-state index in [-0.39, 0.29) is 17.5 Å². The van der Waals surface area contributed by atoms with Crippen LogP contribution in [0.5, 0.6) is 0 Å². The average Bonchev–Trinajstić information content (AvgIpc) is 2.88. The van der Waals surface area contributed by atoms with Crippen LogP contribution in [0.25, 0.3) is 0 Å². The molecule has 1 saturated heterocycles. The topological polar surface area (TPSA) is 35.2 Å². The molecule has 0 saturated carbocycles. The van der Waals surface area contributed by atoms with Crippen LogP contribution >= 0.6 is 11.8 Å². The average molecular weight is 291 g/mol. The number of ether oxygens (including phenoxy) is 1. The van der Waals surface area contributed by atoms with Crippen molar-refractivity contribution in [2.45, 2.75) is 36.6 Å². The lowest BCUT2D eigenvalue weighted by Crippen LogP contribution is -2.11. The van der Waals surface area contributed by atoms with Gasteiger partial charge in [0.1, 0.15) is 0 Å². The van der Waals surface area contributed by atoms with Crippen LogP contribution < -0.4 is 5.73 Å². The van der Waals surface area contributed by atoms with E-state index in [0.29, 0.717) is 17.9 Å². The summed E-state index contributed by atoms with van der Waals surface area (Å²) in [4.78, 5) is 0.250. The quantitative estimate of drug-likeness (QED) is 0.863. The van der Waals surface area contributed by atoms with Gasteiger partial charge in [-0.2, -0.15) is 13.2 Å². The van der Waals surface area contributed by atoms with Crippen LogP contribution in [0, 0.1) is 0 Å². The van der Waals surface area contributed by atoms with Gasteiger partial charge in [0.2, 0.25) is 0 Å². The zero-order valence-corrected chi connectivity index (χ0v) is 11.2. The minimum absolute atomic E-state index is 0.0697. The lowest BCUT2D eigenvalue weighted by Gasteiger charge is -2.15. The van der Waals surface area contributed by atoms with Crippen molar-refractivity contribution in [1.82, 2.24) is 0 Å². The Morgan fingerprint density at radius 3 is 2.74 bits per heavy atom. The summed E-state index contributed by atoms with van der Waals surface area (Å²) in [5, 5.41) is 0. The second kappa shape index (κ2) is 6.15. The third kappa shape index (κ3) is 3.87. The maximum Gasteiger partial charge on any atom is 0.417 e. The Morgan fingerprint density at radius 2 is 2.16 bits per heavy atom. The molecule has 2 N–H and O–H groups in total. The standard InChI is InChI=1S/C13H16F3NOS/c14-13(15,16)11-6-9(7-17)3-4-12(11)19-8-10-2-1-5-18-10/h3-4,6,10H,1-2,5,7-8,17H2. The fourth-order valence-electron chi connectivity index (χ4n) is 2.01. The van der Waals surface area contributed by atoms with E-state index in [1.165, 1.54) is 17.8 Å². The number of nitrogens with two attached hydrogens (primary N) is 1. The molecule has 19 heavy (non-hydrogen) atoms. The molecular weight excluding hydrogens is 275 g/mol. The van der Waals surface area contributed by atoms with Crippen LogP contribution in [0.2, 0.25) is 0 Å². The van der Waals surface area contributed by atoms with Gasteiger partial charge in [-0.15, -0.1) is 11.8 Å². The Kier molecular flexibility index (Phi) is 4.76. The first-order valence-corrected chi connectivity index (χ1v) is 7.14.